The van der Waals surface area contributed by atoms with Crippen LogP contribution in [-0.4, -0.2) is 20.3 Å². The van der Waals surface area contributed by atoms with E-state index in [-0.39, 0.29) is 16.1 Å². The molecule has 0 fully saturated rings. The first-order valence-electron chi connectivity index (χ1n) is 5.28. The Labute approximate surface area is 116 Å². The molecule has 0 aliphatic carbocycles. The number of H-pyrrole nitrogens is 2. The summed E-state index contributed by atoms with van der Waals surface area (Å²) in [4.78, 5) is 16.1. The van der Waals surface area contributed by atoms with Gasteiger partial charge in [-0.2, -0.15) is 5.23 Å². The van der Waals surface area contributed by atoms with Crippen molar-refractivity contribution < 1.29 is 15.5 Å². The fraction of sp³-hybridized carbons (Fsp3) is 0. The second kappa shape index (κ2) is 5.71. The number of aromatic amines is 2. The molecule has 1 aromatic heterocycles. The lowest BCUT2D eigenvalue weighted by atomic mass is 10.3. The van der Waals surface area contributed by atoms with Crippen LogP contribution in [0.15, 0.2) is 39.3 Å². The fourth-order valence-corrected chi connectivity index (χ4v) is 1.60. The van der Waals surface area contributed by atoms with E-state index < -0.39 is 22.4 Å². The molecule has 1 atom stereocenters. The molecular formula is C10H9N5O4S. The van der Waals surface area contributed by atoms with E-state index in [1.54, 1.807) is 6.07 Å². The molecule has 0 saturated carbocycles. The third-order valence-electron chi connectivity index (χ3n) is 2.29. The van der Waals surface area contributed by atoms with Gasteiger partial charge in [0, 0.05) is 6.07 Å². The highest BCUT2D eigenvalue weighted by Gasteiger charge is 2.09. The largest absolute Gasteiger partial charge is 0.595 e. The molecule has 5 N–H and O–H groups in total. The Bertz CT molecular complexity index is 767. The Morgan fingerprint density at radius 1 is 1.25 bits per heavy atom. The van der Waals surface area contributed by atoms with Crippen LogP contribution < -0.4 is 10.8 Å². The smallest absolute Gasteiger partial charge is 0.283 e. The van der Waals surface area contributed by atoms with E-state index in [4.69, 9.17) is 5.21 Å². The molecule has 0 aliphatic rings. The monoisotopic (exact) mass is 295 g/mol. The van der Waals surface area contributed by atoms with Crippen LogP contribution in [0.5, 0.6) is 5.88 Å². The van der Waals surface area contributed by atoms with Crippen molar-refractivity contribution in [1.29, 1.82) is 0 Å². The first kappa shape index (κ1) is 14.0. The number of rotatable bonds is 3. The maximum atomic E-state index is 11.5. The number of nitrogens with zero attached hydrogens (tertiary/aromatic N) is 2. The second-order valence-corrected chi connectivity index (χ2v) is 4.04. The van der Waals surface area contributed by atoms with E-state index in [0.717, 1.165) is 0 Å². The Hall–Kier alpha value is -2.40. The number of para-hydroxylation sites is 1. The summed E-state index contributed by atoms with van der Waals surface area (Å²) in [7, 11) is 0. The molecule has 2 aromatic rings. The van der Waals surface area contributed by atoms with Crippen molar-refractivity contribution in [3.63, 3.8) is 0 Å². The number of aromatic hydroxyl groups is 1. The maximum absolute atomic E-state index is 11.5. The molecule has 10 heteroatoms. The lowest BCUT2D eigenvalue weighted by Gasteiger charge is -2.12. The van der Waals surface area contributed by atoms with Gasteiger partial charge in [0.2, 0.25) is 11.6 Å². The topological polar surface area (TPSA) is 141 Å². The first-order chi connectivity index (χ1) is 9.49. The number of benzene rings is 1. The third kappa shape index (κ3) is 2.95. The van der Waals surface area contributed by atoms with E-state index in [2.05, 4.69) is 32.4 Å². The van der Waals surface area contributed by atoms with Crippen LogP contribution in [0.25, 0.3) is 0 Å². The predicted octanol–water partition coefficient (Wildman–Crippen LogP) is 0.957. The van der Waals surface area contributed by atoms with Crippen LogP contribution in [0.3, 0.4) is 0 Å². The van der Waals surface area contributed by atoms with Crippen LogP contribution >= 0.6 is 12.2 Å². The molecule has 20 heavy (non-hydrogen) atoms. The quantitative estimate of drug-likeness (QED) is 0.326. The first-order valence-corrected chi connectivity index (χ1v) is 5.69. The molecule has 0 saturated heterocycles. The summed E-state index contributed by atoms with van der Waals surface area (Å²) in [6, 6.07) is 5.87. The number of azo groups is 1. The number of aromatic nitrogens is 2. The van der Waals surface area contributed by atoms with E-state index in [1.165, 1.54) is 18.2 Å². The lowest BCUT2D eigenvalue weighted by molar-refractivity contribution is -0.990. The Kier molecular flexibility index (Phi) is 4.00. The number of hydrogen-bond acceptors (Lipinski definition) is 7. The molecule has 1 aromatic carbocycles. The number of nitrogens with one attached hydrogen (secondary N) is 3. The van der Waals surface area contributed by atoms with E-state index in [1.807, 2.05) is 0 Å². The Morgan fingerprint density at radius 2 is 1.95 bits per heavy atom. The molecule has 0 aliphatic heterocycles. The minimum Gasteiger partial charge on any atom is -0.595 e. The average Bonchev–Trinajstić information content (AvgIpc) is 2.37. The van der Waals surface area contributed by atoms with Crippen molar-refractivity contribution in [1.82, 2.24) is 9.97 Å². The minimum atomic E-state index is -1.18. The molecule has 1 unspecified atom stereocenters. The highest BCUT2D eigenvalue weighted by atomic mass is 32.1. The van der Waals surface area contributed by atoms with Crippen molar-refractivity contribution in [3.8, 4) is 5.88 Å². The average molecular weight is 295 g/mol. The van der Waals surface area contributed by atoms with Crippen molar-refractivity contribution in [2.45, 2.75) is 0 Å². The van der Waals surface area contributed by atoms with E-state index >= 15 is 0 Å². The SMILES string of the molecule is O=c1[nH]c(=S)[nH]c(O)c1N=Nc1ccccc1[NH+]([O-])O. The number of hydrogen-bond donors (Lipinski definition) is 5. The second-order valence-electron chi connectivity index (χ2n) is 3.63. The van der Waals surface area contributed by atoms with Crippen molar-refractivity contribution in [2.24, 2.45) is 10.2 Å². The molecule has 1 heterocycles. The summed E-state index contributed by atoms with van der Waals surface area (Å²) in [5.74, 6) is -0.546. The summed E-state index contributed by atoms with van der Waals surface area (Å²) in [5, 5.41) is 35.5. The predicted molar refractivity (Wildman–Crippen MR) is 70.3 cm³/mol. The third-order valence-corrected chi connectivity index (χ3v) is 2.49. The van der Waals surface area contributed by atoms with E-state index in [0.29, 0.717) is 0 Å². The molecule has 104 valence electrons. The van der Waals surface area contributed by atoms with Crippen LogP contribution in [0.2, 0.25) is 0 Å². The number of quaternary nitrogens is 1. The molecule has 0 spiro atoms. The lowest BCUT2D eigenvalue weighted by Crippen LogP contribution is -2.99. The Balaban J connectivity index is 2.46. The molecule has 2 rings (SSSR count). The van der Waals surface area contributed by atoms with Gasteiger partial charge in [0.25, 0.3) is 5.56 Å². The Morgan fingerprint density at radius 3 is 2.60 bits per heavy atom. The molecular weight excluding hydrogens is 286 g/mol. The van der Waals surface area contributed by atoms with Crippen molar-refractivity contribution >= 4 is 29.3 Å². The van der Waals surface area contributed by atoms with Crippen LogP contribution in [0, 0.1) is 9.98 Å². The summed E-state index contributed by atoms with van der Waals surface area (Å²) in [6.07, 6.45) is 0. The normalized spacial score (nSPS) is 12.7. The van der Waals surface area contributed by atoms with Crippen molar-refractivity contribution in [2.75, 3.05) is 0 Å². The van der Waals surface area contributed by atoms with Crippen molar-refractivity contribution in [3.05, 3.63) is 44.6 Å². The van der Waals surface area contributed by atoms with Crippen LogP contribution in [0.1, 0.15) is 0 Å². The van der Waals surface area contributed by atoms with Gasteiger partial charge >= 0.3 is 0 Å². The van der Waals surface area contributed by atoms with Gasteiger partial charge in [-0.1, -0.05) is 12.1 Å². The van der Waals surface area contributed by atoms with Gasteiger partial charge in [-0.05, 0) is 18.3 Å². The molecule has 0 bridgehead atoms. The van der Waals surface area contributed by atoms with Gasteiger partial charge in [0.15, 0.2) is 10.5 Å². The molecule has 9 nitrogen and oxygen atoms in total. The fourth-order valence-electron chi connectivity index (χ4n) is 1.41. The van der Waals surface area contributed by atoms with E-state index in [9.17, 15) is 15.1 Å². The summed E-state index contributed by atoms with van der Waals surface area (Å²) in [6.45, 7) is 0. The van der Waals surface area contributed by atoms with Gasteiger partial charge in [-0.15, -0.1) is 10.2 Å². The minimum absolute atomic E-state index is 0.0567. The highest BCUT2D eigenvalue weighted by Crippen LogP contribution is 2.24. The molecule has 0 radical (unpaired) electrons. The van der Waals surface area contributed by atoms with Gasteiger partial charge in [0.05, 0.1) is 0 Å². The zero-order valence-corrected chi connectivity index (χ0v) is 10.6. The van der Waals surface area contributed by atoms with Crippen LogP contribution in [-0.2, 0) is 0 Å². The zero-order chi connectivity index (χ0) is 14.7. The standard InChI is InChI=1S/C10H9N5O4S/c16-8-7(9(17)12-10(20)11-8)14-13-5-3-1-2-4-6(5)15(18)19/h1-4,15,18H,(H3,11,12,16,17,20). The molecule has 0 amide bonds. The van der Waals surface area contributed by atoms with Crippen LogP contribution in [0.4, 0.5) is 17.1 Å². The van der Waals surface area contributed by atoms with Gasteiger partial charge in [-0.25, -0.2) is 5.21 Å². The van der Waals surface area contributed by atoms with Gasteiger partial charge in [0.1, 0.15) is 5.69 Å². The van der Waals surface area contributed by atoms with Gasteiger partial charge in [-0.3, -0.25) is 9.78 Å². The maximum Gasteiger partial charge on any atom is 0.283 e. The van der Waals surface area contributed by atoms with Gasteiger partial charge < -0.3 is 15.3 Å². The highest BCUT2D eigenvalue weighted by molar-refractivity contribution is 7.71. The summed E-state index contributed by atoms with van der Waals surface area (Å²) in [5.41, 5.74) is -1.14. The summed E-state index contributed by atoms with van der Waals surface area (Å²) >= 11 is 4.66. The zero-order valence-electron chi connectivity index (χ0n) is 9.82. The summed E-state index contributed by atoms with van der Waals surface area (Å²) < 4.78 is -0.0580.